The van der Waals surface area contributed by atoms with Gasteiger partial charge in [-0.2, -0.15) is 5.10 Å². The Balaban J connectivity index is 1.87. The minimum Gasteiger partial charge on any atom is -0.275 e. The summed E-state index contributed by atoms with van der Waals surface area (Å²) in [6, 6.07) is 2.17. The SMILES string of the molecule is CN1CC[C@@H](c2cc(-c3cnn(C)c3)c(Cl)s2)NS1=O. The van der Waals surface area contributed by atoms with E-state index in [9.17, 15) is 4.21 Å². The molecule has 8 heteroatoms. The number of hydrogen-bond donors (Lipinski definition) is 1. The number of thiophene rings is 1. The molecule has 20 heavy (non-hydrogen) atoms. The second kappa shape index (κ2) is 5.57. The second-order valence-corrected chi connectivity index (χ2v) is 7.84. The lowest BCUT2D eigenvalue weighted by atomic mass is 10.1. The number of nitrogens with zero attached hydrogens (tertiary/aromatic N) is 3. The maximum absolute atomic E-state index is 11.8. The van der Waals surface area contributed by atoms with Crippen molar-refractivity contribution < 1.29 is 4.21 Å². The quantitative estimate of drug-likeness (QED) is 0.919. The van der Waals surface area contributed by atoms with Gasteiger partial charge in [0.1, 0.15) is 4.34 Å². The highest BCUT2D eigenvalue weighted by molar-refractivity contribution is 7.80. The lowest BCUT2D eigenvalue weighted by molar-refractivity contribution is 0.421. The van der Waals surface area contributed by atoms with Gasteiger partial charge in [-0.1, -0.05) is 11.6 Å². The molecule has 1 aliphatic rings. The monoisotopic (exact) mass is 330 g/mol. The smallest absolute Gasteiger partial charge is 0.170 e. The van der Waals surface area contributed by atoms with Gasteiger partial charge < -0.3 is 0 Å². The molecule has 1 fully saturated rings. The number of aromatic nitrogens is 2. The van der Waals surface area contributed by atoms with E-state index in [-0.39, 0.29) is 6.04 Å². The summed E-state index contributed by atoms with van der Waals surface area (Å²) in [6.07, 6.45) is 4.67. The number of nitrogens with one attached hydrogen (secondary N) is 1. The summed E-state index contributed by atoms with van der Waals surface area (Å²) in [4.78, 5) is 1.12. The first-order valence-corrected chi connectivity index (χ1v) is 8.52. The Morgan fingerprint density at radius 1 is 1.55 bits per heavy atom. The summed E-state index contributed by atoms with van der Waals surface area (Å²) in [7, 11) is 3.73. The van der Waals surface area contributed by atoms with Crippen LogP contribution in [-0.4, -0.2) is 31.9 Å². The predicted molar refractivity (Wildman–Crippen MR) is 82.8 cm³/mol. The molecular weight excluding hydrogens is 316 g/mol. The molecule has 5 nitrogen and oxygen atoms in total. The topological polar surface area (TPSA) is 50.2 Å². The van der Waals surface area contributed by atoms with E-state index in [0.717, 1.165) is 33.3 Å². The van der Waals surface area contributed by atoms with Crippen LogP contribution in [0.25, 0.3) is 11.1 Å². The number of aryl methyl sites for hydroxylation is 1. The van der Waals surface area contributed by atoms with E-state index >= 15 is 0 Å². The van der Waals surface area contributed by atoms with Gasteiger partial charge in [0, 0.05) is 42.8 Å². The van der Waals surface area contributed by atoms with Gasteiger partial charge in [0.15, 0.2) is 11.2 Å². The molecule has 0 amide bonds. The van der Waals surface area contributed by atoms with Crippen molar-refractivity contribution in [1.29, 1.82) is 0 Å². The van der Waals surface area contributed by atoms with Gasteiger partial charge in [-0.25, -0.2) is 13.2 Å². The Morgan fingerprint density at radius 3 is 3.00 bits per heavy atom. The molecular formula is C12H15ClN4OS2. The van der Waals surface area contributed by atoms with Gasteiger partial charge in [-0.15, -0.1) is 11.3 Å². The standard InChI is InChI=1S/C12H15ClN4OS2/c1-16-7-8(6-14-16)9-5-11(19-12(9)13)10-3-4-17(2)20(18)15-10/h5-7,10,15H,3-4H2,1-2H3/t10-,20?/m0/s1. The summed E-state index contributed by atoms with van der Waals surface area (Å²) in [5, 5.41) is 4.17. The zero-order valence-corrected chi connectivity index (χ0v) is 13.6. The normalized spacial score (nSPS) is 24.1. The minimum atomic E-state index is -1.12. The zero-order chi connectivity index (χ0) is 14.3. The average Bonchev–Trinajstić information content (AvgIpc) is 2.99. The molecule has 2 aromatic rings. The highest BCUT2D eigenvalue weighted by Crippen LogP contribution is 2.39. The van der Waals surface area contributed by atoms with Crippen molar-refractivity contribution in [3.8, 4) is 11.1 Å². The highest BCUT2D eigenvalue weighted by Gasteiger charge is 2.25. The van der Waals surface area contributed by atoms with Crippen LogP contribution >= 0.6 is 22.9 Å². The number of hydrogen-bond acceptors (Lipinski definition) is 3. The van der Waals surface area contributed by atoms with Crippen LogP contribution in [0.5, 0.6) is 0 Å². The van der Waals surface area contributed by atoms with E-state index in [1.54, 1.807) is 26.5 Å². The van der Waals surface area contributed by atoms with Gasteiger partial charge in [0.05, 0.1) is 12.2 Å². The van der Waals surface area contributed by atoms with Gasteiger partial charge in [-0.05, 0) is 12.5 Å². The lowest BCUT2D eigenvalue weighted by Crippen LogP contribution is -2.41. The van der Waals surface area contributed by atoms with E-state index in [0.29, 0.717) is 0 Å². The van der Waals surface area contributed by atoms with Crippen LogP contribution in [0.15, 0.2) is 18.5 Å². The predicted octanol–water partition coefficient (Wildman–Crippen LogP) is 2.35. The molecule has 3 heterocycles. The first-order chi connectivity index (χ1) is 9.54. The molecule has 1 aliphatic heterocycles. The number of rotatable bonds is 2. The maximum Gasteiger partial charge on any atom is 0.170 e. The third-order valence-electron chi connectivity index (χ3n) is 3.32. The maximum atomic E-state index is 11.8. The molecule has 1 unspecified atom stereocenters. The molecule has 2 aromatic heterocycles. The van der Waals surface area contributed by atoms with Crippen LogP contribution in [0.1, 0.15) is 17.3 Å². The Hall–Kier alpha value is -0.730. The molecule has 0 aliphatic carbocycles. The second-order valence-electron chi connectivity index (χ2n) is 4.80. The van der Waals surface area contributed by atoms with Crippen molar-refractivity contribution >= 4 is 34.1 Å². The fraction of sp³-hybridized carbons (Fsp3) is 0.417. The van der Waals surface area contributed by atoms with Crippen molar-refractivity contribution in [3.63, 3.8) is 0 Å². The molecule has 0 radical (unpaired) electrons. The van der Waals surface area contributed by atoms with E-state index in [4.69, 9.17) is 11.6 Å². The summed E-state index contributed by atoms with van der Waals surface area (Å²) < 4.78 is 19.2. The number of halogens is 1. The summed E-state index contributed by atoms with van der Waals surface area (Å²) in [6.45, 7) is 0.808. The molecule has 108 valence electrons. The third kappa shape index (κ3) is 2.68. The molecule has 0 spiro atoms. The fourth-order valence-electron chi connectivity index (χ4n) is 2.18. The van der Waals surface area contributed by atoms with Crippen molar-refractivity contribution in [1.82, 2.24) is 18.8 Å². The summed E-state index contributed by atoms with van der Waals surface area (Å²) >= 11 is 6.76. The Bertz CT molecular complexity index is 654. The van der Waals surface area contributed by atoms with Crippen molar-refractivity contribution in [2.45, 2.75) is 12.5 Å². The molecule has 1 saturated heterocycles. The molecule has 1 N–H and O–H groups in total. The Morgan fingerprint density at radius 2 is 2.35 bits per heavy atom. The molecule has 3 rings (SSSR count). The zero-order valence-electron chi connectivity index (χ0n) is 11.2. The average molecular weight is 331 g/mol. The van der Waals surface area contributed by atoms with E-state index in [1.807, 2.05) is 20.3 Å². The van der Waals surface area contributed by atoms with Crippen molar-refractivity contribution in [2.75, 3.05) is 13.6 Å². The van der Waals surface area contributed by atoms with Crippen LogP contribution in [0.3, 0.4) is 0 Å². The summed E-state index contributed by atoms with van der Waals surface area (Å²) in [5.74, 6) is 0. The van der Waals surface area contributed by atoms with E-state index in [1.165, 1.54) is 0 Å². The summed E-state index contributed by atoms with van der Waals surface area (Å²) in [5.41, 5.74) is 2.00. The van der Waals surface area contributed by atoms with Crippen LogP contribution in [-0.2, 0) is 18.2 Å². The van der Waals surface area contributed by atoms with Gasteiger partial charge >= 0.3 is 0 Å². The highest BCUT2D eigenvalue weighted by atomic mass is 35.5. The molecule has 2 atom stereocenters. The Kier molecular flexibility index (Phi) is 3.96. The lowest BCUT2D eigenvalue weighted by Gasteiger charge is -2.28. The first-order valence-electron chi connectivity index (χ1n) is 6.22. The first kappa shape index (κ1) is 14.2. The van der Waals surface area contributed by atoms with Gasteiger partial charge in [0.25, 0.3) is 0 Å². The van der Waals surface area contributed by atoms with Crippen LogP contribution in [0.2, 0.25) is 4.34 Å². The van der Waals surface area contributed by atoms with Crippen LogP contribution in [0, 0.1) is 0 Å². The van der Waals surface area contributed by atoms with Crippen LogP contribution in [0.4, 0.5) is 0 Å². The van der Waals surface area contributed by atoms with Gasteiger partial charge in [-0.3, -0.25) is 4.68 Å². The molecule has 0 bridgehead atoms. The fourth-order valence-corrected chi connectivity index (χ4v) is 4.61. The van der Waals surface area contributed by atoms with Crippen LogP contribution < -0.4 is 4.72 Å². The minimum absolute atomic E-state index is 0.0972. The largest absolute Gasteiger partial charge is 0.275 e. The van der Waals surface area contributed by atoms with Gasteiger partial charge in [0.2, 0.25) is 0 Å². The molecule has 0 saturated carbocycles. The molecule has 0 aromatic carbocycles. The van der Waals surface area contributed by atoms with Crippen molar-refractivity contribution in [2.24, 2.45) is 7.05 Å². The third-order valence-corrected chi connectivity index (χ3v) is 6.03. The Labute approximate surface area is 129 Å². The van der Waals surface area contributed by atoms with E-state index in [2.05, 4.69) is 15.9 Å². The van der Waals surface area contributed by atoms with E-state index < -0.39 is 11.2 Å². The van der Waals surface area contributed by atoms with Crippen molar-refractivity contribution in [3.05, 3.63) is 27.7 Å².